The summed E-state index contributed by atoms with van der Waals surface area (Å²) >= 11 is 0. The van der Waals surface area contributed by atoms with Crippen molar-refractivity contribution in [3.8, 4) is 0 Å². The zero-order valence-corrected chi connectivity index (χ0v) is 8.24. The van der Waals surface area contributed by atoms with E-state index in [-0.39, 0.29) is 6.10 Å². The Balaban J connectivity index is 1.75. The molecule has 2 nitrogen and oxygen atoms in total. The smallest absolute Gasteiger partial charge is 0.0568 e. The van der Waals surface area contributed by atoms with Crippen LogP contribution in [0.1, 0.15) is 38.5 Å². The molecule has 76 valence electrons. The average Bonchev–Trinajstić information content (AvgIpc) is 2.54. The summed E-state index contributed by atoms with van der Waals surface area (Å²) in [5, 5.41) is 9.68. The SMILES string of the molecule is O[C@@H]1CCC[C@H]1CC1CCCOC1. The topological polar surface area (TPSA) is 29.5 Å². The molecule has 1 N–H and O–H groups in total. The minimum absolute atomic E-state index is 0.0121. The standard InChI is InChI=1S/C11H20O2/c12-11-5-1-4-10(11)7-9-3-2-6-13-8-9/h9-12H,1-8H2/t9?,10-,11+/m0/s1. The first-order valence-corrected chi connectivity index (χ1v) is 5.62. The highest BCUT2D eigenvalue weighted by Gasteiger charge is 2.28. The van der Waals surface area contributed by atoms with Crippen molar-refractivity contribution in [1.82, 2.24) is 0 Å². The molecule has 2 heteroatoms. The predicted octanol–water partition coefficient (Wildman–Crippen LogP) is 1.96. The van der Waals surface area contributed by atoms with Crippen LogP contribution in [0, 0.1) is 11.8 Å². The molecule has 1 aliphatic carbocycles. The zero-order valence-electron chi connectivity index (χ0n) is 8.24. The Bertz CT molecular complexity index is 152. The third-order valence-electron chi connectivity index (χ3n) is 3.51. The molecule has 2 aliphatic rings. The first kappa shape index (κ1) is 9.47. The van der Waals surface area contributed by atoms with Gasteiger partial charge in [0.25, 0.3) is 0 Å². The van der Waals surface area contributed by atoms with E-state index in [0.29, 0.717) is 5.92 Å². The highest BCUT2D eigenvalue weighted by Crippen LogP contribution is 2.33. The highest BCUT2D eigenvalue weighted by atomic mass is 16.5. The van der Waals surface area contributed by atoms with Crippen LogP contribution in [-0.4, -0.2) is 24.4 Å². The Labute approximate surface area is 80.3 Å². The first-order valence-electron chi connectivity index (χ1n) is 5.62. The second-order valence-corrected chi connectivity index (χ2v) is 4.58. The van der Waals surface area contributed by atoms with Crippen molar-refractivity contribution in [2.75, 3.05) is 13.2 Å². The van der Waals surface area contributed by atoms with E-state index in [1.54, 1.807) is 0 Å². The first-order chi connectivity index (χ1) is 6.36. The number of hydrogen-bond donors (Lipinski definition) is 1. The summed E-state index contributed by atoms with van der Waals surface area (Å²) in [5.74, 6) is 1.30. The van der Waals surface area contributed by atoms with Gasteiger partial charge >= 0.3 is 0 Å². The van der Waals surface area contributed by atoms with Gasteiger partial charge in [0, 0.05) is 13.2 Å². The van der Waals surface area contributed by atoms with Crippen molar-refractivity contribution in [3.63, 3.8) is 0 Å². The Hall–Kier alpha value is -0.0800. The summed E-state index contributed by atoms with van der Waals surface area (Å²) in [4.78, 5) is 0. The number of hydrogen-bond acceptors (Lipinski definition) is 2. The summed E-state index contributed by atoms with van der Waals surface area (Å²) in [7, 11) is 0. The summed E-state index contributed by atoms with van der Waals surface area (Å²) in [6.45, 7) is 1.88. The molecule has 0 radical (unpaired) electrons. The molecule has 3 atom stereocenters. The molecule has 0 aromatic carbocycles. The highest BCUT2D eigenvalue weighted by molar-refractivity contribution is 4.79. The van der Waals surface area contributed by atoms with Crippen LogP contribution in [-0.2, 0) is 4.74 Å². The molecule has 1 heterocycles. The van der Waals surface area contributed by atoms with E-state index in [9.17, 15) is 5.11 Å². The molecule has 2 fully saturated rings. The van der Waals surface area contributed by atoms with Crippen molar-refractivity contribution in [1.29, 1.82) is 0 Å². The van der Waals surface area contributed by atoms with E-state index >= 15 is 0 Å². The largest absolute Gasteiger partial charge is 0.393 e. The lowest BCUT2D eigenvalue weighted by Gasteiger charge is -2.25. The van der Waals surface area contributed by atoms with Gasteiger partial charge < -0.3 is 9.84 Å². The zero-order chi connectivity index (χ0) is 9.10. The lowest BCUT2D eigenvalue weighted by atomic mass is 9.88. The van der Waals surface area contributed by atoms with E-state index in [0.717, 1.165) is 25.6 Å². The van der Waals surface area contributed by atoms with Crippen molar-refractivity contribution in [2.24, 2.45) is 11.8 Å². The molecule has 0 spiro atoms. The van der Waals surface area contributed by atoms with Gasteiger partial charge in [-0.25, -0.2) is 0 Å². The van der Waals surface area contributed by atoms with Crippen molar-refractivity contribution in [3.05, 3.63) is 0 Å². The number of ether oxygens (including phenoxy) is 1. The monoisotopic (exact) mass is 184 g/mol. The number of rotatable bonds is 2. The van der Waals surface area contributed by atoms with Crippen LogP contribution in [0.15, 0.2) is 0 Å². The lowest BCUT2D eigenvalue weighted by Crippen LogP contribution is -2.23. The molecule has 1 saturated heterocycles. The summed E-state index contributed by atoms with van der Waals surface area (Å²) in [6, 6.07) is 0. The fraction of sp³-hybridized carbons (Fsp3) is 1.00. The molecular formula is C11H20O2. The quantitative estimate of drug-likeness (QED) is 0.711. The van der Waals surface area contributed by atoms with E-state index < -0.39 is 0 Å². The van der Waals surface area contributed by atoms with Crippen molar-refractivity contribution < 1.29 is 9.84 Å². The van der Waals surface area contributed by atoms with E-state index in [1.165, 1.54) is 32.1 Å². The van der Waals surface area contributed by atoms with Crippen LogP contribution >= 0.6 is 0 Å². The maximum absolute atomic E-state index is 9.68. The summed E-state index contributed by atoms with van der Waals surface area (Å²) in [5.41, 5.74) is 0. The Morgan fingerprint density at radius 2 is 2.08 bits per heavy atom. The van der Waals surface area contributed by atoms with E-state index in [2.05, 4.69) is 0 Å². The van der Waals surface area contributed by atoms with Gasteiger partial charge in [0.2, 0.25) is 0 Å². The Morgan fingerprint density at radius 1 is 1.15 bits per heavy atom. The third kappa shape index (κ3) is 2.44. The molecule has 0 amide bonds. The van der Waals surface area contributed by atoms with Gasteiger partial charge in [-0.3, -0.25) is 0 Å². The van der Waals surface area contributed by atoms with E-state index in [4.69, 9.17) is 4.74 Å². The maximum Gasteiger partial charge on any atom is 0.0568 e. The van der Waals surface area contributed by atoms with Gasteiger partial charge in [0.15, 0.2) is 0 Å². The van der Waals surface area contributed by atoms with Crippen molar-refractivity contribution >= 4 is 0 Å². The Morgan fingerprint density at radius 3 is 2.69 bits per heavy atom. The minimum atomic E-state index is -0.0121. The second-order valence-electron chi connectivity index (χ2n) is 4.58. The minimum Gasteiger partial charge on any atom is -0.393 e. The molecular weight excluding hydrogens is 164 g/mol. The molecule has 1 unspecified atom stereocenters. The van der Waals surface area contributed by atoms with Crippen LogP contribution in [0.3, 0.4) is 0 Å². The lowest BCUT2D eigenvalue weighted by molar-refractivity contribution is 0.0326. The molecule has 0 aromatic heterocycles. The second kappa shape index (κ2) is 4.43. The molecule has 2 rings (SSSR count). The maximum atomic E-state index is 9.68. The van der Waals surface area contributed by atoms with Gasteiger partial charge in [-0.05, 0) is 43.9 Å². The van der Waals surface area contributed by atoms with Crippen LogP contribution in [0.4, 0.5) is 0 Å². The fourth-order valence-corrected chi connectivity index (χ4v) is 2.71. The fourth-order valence-electron chi connectivity index (χ4n) is 2.71. The van der Waals surface area contributed by atoms with Crippen LogP contribution in [0.5, 0.6) is 0 Å². The molecule has 1 saturated carbocycles. The van der Waals surface area contributed by atoms with Crippen LogP contribution in [0.2, 0.25) is 0 Å². The van der Waals surface area contributed by atoms with Gasteiger partial charge in [0.1, 0.15) is 0 Å². The average molecular weight is 184 g/mol. The third-order valence-corrected chi connectivity index (χ3v) is 3.51. The Kier molecular flexibility index (Phi) is 3.23. The summed E-state index contributed by atoms with van der Waals surface area (Å²) < 4.78 is 5.45. The molecule has 0 bridgehead atoms. The van der Waals surface area contributed by atoms with Crippen LogP contribution < -0.4 is 0 Å². The molecule has 13 heavy (non-hydrogen) atoms. The van der Waals surface area contributed by atoms with Gasteiger partial charge in [-0.2, -0.15) is 0 Å². The predicted molar refractivity (Wildman–Crippen MR) is 51.5 cm³/mol. The van der Waals surface area contributed by atoms with Crippen molar-refractivity contribution in [2.45, 2.75) is 44.6 Å². The number of aliphatic hydroxyl groups is 1. The summed E-state index contributed by atoms with van der Waals surface area (Å²) in [6.07, 6.45) is 7.19. The molecule has 1 aliphatic heterocycles. The van der Waals surface area contributed by atoms with Gasteiger partial charge in [0.05, 0.1) is 6.10 Å². The van der Waals surface area contributed by atoms with Crippen LogP contribution in [0.25, 0.3) is 0 Å². The van der Waals surface area contributed by atoms with E-state index in [1.807, 2.05) is 0 Å². The number of aliphatic hydroxyl groups excluding tert-OH is 1. The normalized spacial score (nSPS) is 40.8. The van der Waals surface area contributed by atoms with Gasteiger partial charge in [-0.1, -0.05) is 6.42 Å². The van der Waals surface area contributed by atoms with Gasteiger partial charge in [-0.15, -0.1) is 0 Å². The molecule has 0 aromatic rings.